The van der Waals surface area contributed by atoms with Crippen molar-refractivity contribution in [2.24, 2.45) is 12.9 Å². The fourth-order valence-corrected chi connectivity index (χ4v) is 2.44. The Morgan fingerprint density at radius 1 is 1.50 bits per heavy atom. The van der Waals surface area contributed by atoms with E-state index in [0.717, 1.165) is 10.0 Å². The number of rotatable bonds is 2. The molecular weight excluding hydrogens is 244 g/mol. The Balaban J connectivity index is 2.72. The van der Waals surface area contributed by atoms with Crippen molar-refractivity contribution in [3.05, 3.63) is 34.4 Å². The summed E-state index contributed by atoms with van der Waals surface area (Å²) < 4.78 is 3.14. The first-order chi connectivity index (χ1) is 6.74. The second kappa shape index (κ2) is 3.73. The highest BCUT2D eigenvalue weighted by molar-refractivity contribution is 9.10. The largest absolute Gasteiger partial charge is 0.349 e. The van der Waals surface area contributed by atoms with Gasteiger partial charge in [-0.25, -0.2) is 5.90 Å². The van der Waals surface area contributed by atoms with Crippen LogP contribution in [0.15, 0.2) is 28.9 Å². The van der Waals surface area contributed by atoms with Crippen LogP contribution in [0.5, 0.6) is 0 Å². The monoisotopic (exact) mass is 254 g/mol. The van der Waals surface area contributed by atoms with Crippen molar-refractivity contribution in [1.29, 1.82) is 0 Å². The van der Waals surface area contributed by atoms with Crippen LogP contribution in [0, 0.1) is 0 Å². The Kier molecular flexibility index (Phi) is 2.58. The van der Waals surface area contributed by atoms with Crippen LogP contribution in [0.25, 0.3) is 10.9 Å². The predicted octanol–water partition coefficient (Wildman–Crippen LogP) is 2.33. The fourth-order valence-electron chi connectivity index (χ4n) is 1.67. The second-order valence-corrected chi connectivity index (χ2v) is 4.06. The minimum atomic E-state index is 0.431. The van der Waals surface area contributed by atoms with Gasteiger partial charge < -0.3 is 4.57 Å². The maximum atomic E-state index is 5.09. The molecular formula is C10H11BrN2O. The van der Waals surface area contributed by atoms with Crippen LogP contribution in [0.3, 0.4) is 0 Å². The Morgan fingerprint density at radius 3 is 3.00 bits per heavy atom. The third kappa shape index (κ3) is 1.45. The van der Waals surface area contributed by atoms with Gasteiger partial charge in [-0.3, -0.25) is 4.84 Å². The van der Waals surface area contributed by atoms with Gasteiger partial charge in [0.1, 0.15) is 0 Å². The molecule has 0 fully saturated rings. The van der Waals surface area contributed by atoms with Crippen molar-refractivity contribution >= 4 is 26.8 Å². The maximum Gasteiger partial charge on any atom is 0.0937 e. The van der Waals surface area contributed by atoms with E-state index in [1.165, 1.54) is 10.9 Å². The summed E-state index contributed by atoms with van der Waals surface area (Å²) in [6.07, 6.45) is 2.03. The first-order valence-corrected chi connectivity index (χ1v) is 5.07. The smallest absolute Gasteiger partial charge is 0.0937 e. The normalized spacial score (nSPS) is 11.1. The van der Waals surface area contributed by atoms with Gasteiger partial charge in [0, 0.05) is 28.6 Å². The van der Waals surface area contributed by atoms with Crippen LogP contribution in [-0.2, 0) is 18.5 Å². The van der Waals surface area contributed by atoms with Crippen LogP contribution >= 0.6 is 15.9 Å². The van der Waals surface area contributed by atoms with Gasteiger partial charge in [-0.2, -0.15) is 0 Å². The van der Waals surface area contributed by atoms with Crippen molar-refractivity contribution in [1.82, 2.24) is 4.57 Å². The Morgan fingerprint density at radius 2 is 2.29 bits per heavy atom. The number of benzene rings is 1. The second-order valence-electron chi connectivity index (χ2n) is 3.21. The SMILES string of the molecule is Cn1cc(Br)c2c(CON)cccc21. The number of nitrogens with two attached hydrogens (primary N) is 1. The van der Waals surface area contributed by atoms with Crippen molar-refractivity contribution in [3.63, 3.8) is 0 Å². The summed E-state index contributed by atoms with van der Waals surface area (Å²) in [5.74, 6) is 5.09. The van der Waals surface area contributed by atoms with E-state index in [4.69, 9.17) is 5.90 Å². The van der Waals surface area contributed by atoms with Gasteiger partial charge in [0.25, 0.3) is 0 Å². The number of nitrogens with zero attached hydrogens (tertiary/aromatic N) is 1. The van der Waals surface area contributed by atoms with Crippen molar-refractivity contribution < 1.29 is 4.84 Å². The topological polar surface area (TPSA) is 40.2 Å². The van der Waals surface area contributed by atoms with Gasteiger partial charge in [0.15, 0.2) is 0 Å². The lowest BCUT2D eigenvalue weighted by Gasteiger charge is -2.02. The lowest BCUT2D eigenvalue weighted by molar-refractivity contribution is 0.125. The Labute approximate surface area is 90.5 Å². The highest BCUT2D eigenvalue weighted by Gasteiger charge is 2.08. The molecule has 0 atom stereocenters. The quantitative estimate of drug-likeness (QED) is 0.836. The molecule has 0 aliphatic rings. The third-order valence-electron chi connectivity index (χ3n) is 2.29. The van der Waals surface area contributed by atoms with Crippen LogP contribution in [0.1, 0.15) is 5.56 Å². The fraction of sp³-hybridized carbons (Fsp3) is 0.200. The number of aromatic nitrogens is 1. The van der Waals surface area contributed by atoms with E-state index >= 15 is 0 Å². The highest BCUT2D eigenvalue weighted by Crippen LogP contribution is 2.28. The lowest BCUT2D eigenvalue weighted by atomic mass is 10.1. The molecule has 2 N–H and O–H groups in total. The Hall–Kier alpha value is -0.840. The molecule has 4 heteroatoms. The van der Waals surface area contributed by atoms with Crippen molar-refractivity contribution in [2.75, 3.05) is 0 Å². The van der Waals surface area contributed by atoms with Crippen LogP contribution in [-0.4, -0.2) is 4.57 Å². The number of halogens is 1. The van der Waals surface area contributed by atoms with E-state index in [2.05, 4.69) is 31.4 Å². The van der Waals surface area contributed by atoms with Crippen LogP contribution in [0.4, 0.5) is 0 Å². The number of hydrogen-bond donors (Lipinski definition) is 1. The van der Waals surface area contributed by atoms with Gasteiger partial charge in [-0.15, -0.1) is 0 Å². The first kappa shape index (κ1) is 9.71. The summed E-state index contributed by atoms with van der Waals surface area (Å²) in [5, 5.41) is 1.17. The molecule has 0 aliphatic heterocycles. The number of fused-ring (bicyclic) bond motifs is 1. The molecule has 2 rings (SSSR count). The van der Waals surface area contributed by atoms with Crippen LogP contribution in [0.2, 0.25) is 0 Å². The summed E-state index contributed by atoms with van der Waals surface area (Å²) in [6, 6.07) is 6.09. The van der Waals surface area contributed by atoms with Gasteiger partial charge >= 0.3 is 0 Å². The maximum absolute atomic E-state index is 5.09. The highest BCUT2D eigenvalue weighted by atomic mass is 79.9. The first-order valence-electron chi connectivity index (χ1n) is 4.28. The standard InChI is InChI=1S/C10H11BrN2O/c1-13-5-8(11)10-7(6-14-12)3-2-4-9(10)13/h2-5H,6,12H2,1H3. The van der Waals surface area contributed by atoms with E-state index in [-0.39, 0.29) is 0 Å². The zero-order valence-corrected chi connectivity index (χ0v) is 9.41. The molecule has 74 valence electrons. The minimum Gasteiger partial charge on any atom is -0.349 e. The van der Waals surface area contributed by atoms with E-state index in [1.54, 1.807) is 0 Å². The molecule has 0 amide bonds. The van der Waals surface area contributed by atoms with E-state index in [0.29, 0.717) is 6.61 Å². The van der Waals surface area contributed by atoms with Gasteiger partial charge in [0.05, 0.1) is 6.61 Å². The van der Waals surface area contributed by atoms with E-state index in [1.807, 2.05) is 25.4 Å². The van der Waals surface area contributed by atoms with E-state index < -0.39 is 0 Å². The van der Waals surface area contributed by atoms with Crippen molar-refractivity contribution in [2.45, 2.75) is 6.61 Å². The molecule has 2 aromatic rings. The van der Waals surface area contributed by atoms with Gasteiger partial charge in [-0.1, -0.05) is 12.1 Å². The Bertz CT molecular complexity index is 464. The molecule has 0 spiro atoms. The van der Waals surface area contributed by atoms with Crippen LogP contribution < -0.4 is 5.90 Å². The third-order valence-corrected chi connectivity index (χ3v) is 2.89. The summed E-state index contributed by atoms with van der Waals surface area (Å²) in [4.78, 5) is 4.67. The molecule has 3 nitrogen and oxygen atoms in total. The zero-order valence-electron chi connectivity index (χ0n) is 7.83. The van der Waals surface area contributed by atoms with Gasteiger partial charge in [0.2, 0.25) is 0 Å². The summed E-state index contributed by atoms with van der Waals surface area (Å²) >= 11 is 3.52. The average molecular weight is 255 g/mol. The molecule has 0 saturated carbocycles. The molecule has 14 heavy (non-hydrogen) atoms. The minimum absolute atomic E-state index is 0.431. The molecule has 1 heterocycles. The van der Waals surface area contributed by atoms with Gasteiger partial charge in [-0.05, 0) is 27.6 Å². The molecule has 1 aromatic heterocycles. The molecule has 0 unspecified atom stereocenters. The molecule has 0 bridgehead atoms. The predicted molar refractivity (Wildman–Crippen MR) is 59.6 cm³/mol. The molecule has 0 aliphatic carbocycles. The molecule has 0 saturated heterocycles. The summed E-state index contributed by atoms with van der Waals surface area (Å²) in [6.45, 7) is 0.431. The summed E-state index contributed by atoms with van der Waals surface area (Å²) in [5.41, 5.74) is 2.27. The summed E-state index contributed by atoms with van der Waals surface area (Å²) in [7, 11) is 2.01. The van der Waals surface area contributed by atoms with Crippen molar-refractivity contribution in [3.8, 4) is 0 Å². The molecule has 0 radical (unpaired) electrons. The average Bonchev–Trinajstić information content (AvgIpc) is 2.44. The lowest BCUT2D eigenvalue weighted by Crippen LogP contribution is -1.99. The number of aryl methyl sites for hydroxylation is 1. The number of hydrogen-bond acceptors (Lipinski definition) is 2. The van der Waals surface area contributed by atoms with E-state index in [9.17, 15) is 0 Å². The zero-order chi connectivity index (χ0) is 10.1. The molecule has 1 aromatic carbocycles.